The summed E-state index contributed by atoms with van der Waals surface area (Å²) < 4.78 is 5.41. The van der Waals surface area contributed by atoms with E-state index < -0.39 is 5.91 Å². The van der Waals surface area contributed by atoms with Crippen molar-refractivity contribution in [3.8, 4) is 5.75 Å². The number of aryl methyl sites for hydroxylation is 1. The number of ketones is 1. The Morgan fingerprint density at radius 1 is 0.833 bits per heavy atom. The number of hydrogen-bond acceptors (Lipinski definition) is 5. The van der Waals surface area contributed by atoms with E-state index in [1.165, 1.54) is 12.2 Å². The van der Waals surface area contributed by atoms with Crippen LogP contribution in [0.5, 0.6) is 5.75 Å². The number of benzene rings is 3. The zero-order chi connectivity index (χ0) is 25.3. The summed E-state index contributed by atoms with van der Waals surface area (Å²) in [5, 5.41) is 2.24. The number of carbonyl (C=O) groups excluding carboxylic acids is 4. The molecule has 6 nitrogen and oxygen atoms in total. The van der Waals surface area contributed by atoms with Gasteiger partial charge >= 0.3 is 5.97 Å². The SMILES string of the molecule is O=C1C=C(c2ccc(CCCCC(=O)Oc3ccc(C=CC(=O)c4ccccc4)cc3)cc2)C(=O)N1. The molecule has 0 spiro atoms. The Bertz CT molecular complexity index is 1320. The average Bonchev–Trinajstić information content (AvgIpc) is 3.24. The van der Waals surface area contributed by atoms with Crippen molar-refractivity contribution in [3.63, 3.8) is 0 Å². The predicted octanol–water partition coefficient (Wildman–Crippen LogP) is 4.94. The second-order valence-corrected chi connectivity index (χ2v) is 8.39. The monoisotopic (exact) mass is 479 g/mol. The van der Waals surface area contributed by atoms with E-state index in [9.17, 15) is 19.2 Å². The van der Waals surface area contributed by atoms with Gasteiger partial charge in [0.2, 0.25) is 0 Å². The van der Waals surface area contributed by atoms with Gasteiger partial charge in [0.1, 0.15) is 5.75 Å². The van der Waals surface area contributed by atoms with Crippen LogP contribution in [-0.2, 0) is 20.8 Å². The molecule has 6 heteroatoms. The van der Waals surface area contributed by atoms with E-state index in [2.05, 4.69) is 5.32 Å². The number of allylic oxidation sites excluding steroid dienone is 1. The summed E-state index contributed by atoms with van der Waals surface area (Å²) in [6.45, 7) is 0. The van der Waals surface area contributed by atoms with Crippen molar-refractivity contribution in [2.75, 3.05) is 0 Å². The van der Waals surface area contributed by atoms with E-state index in [-0.39, 0.29) is 17.7 Å². The Kier molecular flexibility index (Phi) is 7.98. The van der Waals surface area contributed by atoms with Crippen molar-refractivity contribution >= 4 is 35.2 Å². The Hall–Kier alpha value is -4.58. The number of hydrogen-bond donors (Lipinski definition) is 1. The lowest BCUT2D eigenvalue weighted by Crippen LogP contribution is -2.21. The zero-order valence-electron chi connectivity index (χ0n) is 19.6. The summed E-state index contributed by atoms with van der Waals surface area (Å²) in [5.41, 5.74) is 3.63. The third-order valence-electron chi connectivity index (χ3n) is 5.72. The maximum Gasteiger partial charge on any atom is 0.311 e. The molecule has 0 fully saturated rings. The fraction of sp³-hybridized carbons (Fsp3) is 0.133. The Balaban J connectivity index is 1.18. The van der Waals surface area contributed by atoms with Gasteiger partial charge in [0, 0.05) is 18.1 Å². The molecule has 0 aromatic heterocycles. The van der Waals surface area contributed by atoms with Gasteiger partial charge in [0.25, 0.3) is 11.8 Å². The van der Waals surface area contributed by atoms with Gasteiger partial charge in [-0.15, -0.1) is 0 Å². The average molecular weight is 480 g/mol. The second kappa shape index (κ2) is 11.7. The molecule has 0 bridgehead atoms. The number of imide groups is 1. The van der Waals surface area contributed by atoms with Crippen LogP contribution in [0.25, 0.3) is 11.6 Å². The van der Waals surface area contributed by atoms with Gasteiger partial charge in [-0.25, -0.2) is 0 Å². The van der Waals surface area contributed by atoms with Gasteiger partial charge in [0.15, 0.2) is 5.78 Å². The number of esters is 1. The summed E-state index contributed by atoms with van der Waals surface area (Å²) in [7, 11) is 0. The molecule has 0 atom stereocenters. The maximum atomic E-state index is 12.2. The third kappa shape index (κ3) is 6.73. The third-order valence-corrected chi connectivity index (χ3v) is 5.72. The van der Waals surface area contributed by atoms with Gasteiger partial charge < -0.3 is 4.74 Å². The predicted molar refractivity (Wildman–Crippen MR) is 137 cm³/mol. The molecule has 2 amide bonds. The van der Waals surface area contributed by atoms with E-state index in [1.54, 1.807) is 42.5 Å². The smallest absolute Gasteiger partial charge is 0.311 e. The molecule has 1 heterocycles. The van der Waals surface area contributed by atoms with E-state index in [1.807, 2.05) is 42.5 Å². The highest BCUT2D eigenvalue weighted by atomic mass is 16.5. The molecule has 1 aliphatic heterocycles. The Labute approximate surface area is 209 Å². The lowest BCUT2D eigenvalue weighted by molar-refractivity contribution is -0.134. The number of rotatable bonds is 10. The van der Waals surface area contributed by atoms with Crippen molar-refractivity contribution < 1.29 is 23.9 Å². The largest absolute Gasteiger partial charge is 0.427 e. The second-order valence-electron chi connectivity index (χ2n) is 8.39. The molecule has 3 aromatic rings. The molecule has 1 aliphatic rings. The number of nitrogens with one attached hydrogen (secondary N) is 1. The molecule has 1 N–H and O–H groups in total. The molecule has 0 saturated carbocycles. The minimum Gasteiger partial charge on any atom is -0.427 e. The van der Waals surface area contributed by atoms with Crippen LogP contribution in [0.2, 0.25) is 0 Å². The highest BCUT2D eigenvalue weighted by molar-refractivity contribution is 6.33. The lowest BCUT2D eigenvalue weighted by atomic mass is 10.0. The van der Waals surface area contributed by atoms with Gasteiger partial charge in [-0.1, -0.05) is 72.8 Å². The minimum absolute atomic E-state index is 0.0721. The Morgan fingerprint density at radius 3 is 2.22 bits per heavy atom. The Morgan fingerprint density at radius 2 is 1.56 bits per heavy atom. The molecular formula is C30H25NO5. The molecule has 0 saturated heterocycles. The van der Waals surface area contributed by atoms with Crippen LogP contribution < -0.4 is 10.1 Å². The van der Waals surface area contributed by atoms with E-state index >= 15 is 0 Å². The quantitative estimate of drug-likeness (QED) is 0.111. The first-order chi connectivity index (χ1) is 17.5. The summed E-state index contributed by atoms with van der Waals surface area (Å²) >= 11 is 0. The van der Waals surface area contributed by atoms with Crippen LogP contribution in [0.15, 0.2) is 91.0 Å². The molecule has 0 radical (unpaired) electrons. The van der Waals surface area contributed by atoms with Crippen LogP contribution in [0.4, 0.5) is 0 Å². The molecule has 4 rings (SSSR count). The van der Waals surface area contributed by atoms with E-state index in [4.69, 9.17) is 4.74 Å². The van der Waals surface area contributed by atoms with Crippen molar-refractivity contribution in [1.82, 2.24) is 5.32 Å². The van der Waals surface area contributed by atoms with Gasteiger partial charge in [0.05, 0.1) is 5.57 Å². The number of ether oxygens (including phenoxy) is 1. The van der Waals surface area contributed by atoms with Crippen LogP contribution in [-0.4, -0.2) is 23.6 Å². The fourth-order valence-corrected chi connectivity index (χ4v) is 3.78. The molecule has 0 unspecified atom stereocenters. The summed E-state index contributed by atoms with van der Waals surface area (Å²) in [4.78, 5) is 47.4. The van der Waals surface area contributed by atoms with Crippen molar-refractivity contribution in [3.05, 3.63) is 113 Å². The minimum atomic E-state index is -0.394. The summed E-state index contributed by atoms with van der Waals surface area (Å²) in [6, 6.07) is 23.5. The maximum absolute atomic E-state index is 12.2. The molecular weight excluding hydrogens is 454 g/mol. The zero-order valence-corrected chi connectivity index (χ0v) is 19.6. The van der Waals surface area contributed by atoms with Crippen LogP contribution >= 0.6 is 0 Å². The van der Waals surface area contributed by atoms with Crippen molar-refractivity contribution in [2.24, 2.45) is 0 Å². The van der Waals surface area contributed by atoms with E-state index in [0.717, 1.165) is 24.0 Å². The van der Waals surface area contributed by atoms with Crippen molar-refractivity contribution in [2.45, 2.75) is 25.7 Å². The van der Waals surface area contributed by atoms with E-state index in [0.29, 0.717) is 35.3 Å². The van der Waals surface area contributed by atoms with Crippen LogP contribution in [0, 0.1) is 0 Å². The fourth-order valence-electron chi connectivity index (χ4n) is 3.78. The summed E-state index contributed by atoms with van der Waals surface area (Å²) in [6.07, 6.45) is 7.15. The lowest BCUT2D eigenvalue weighted by Gasteiger charge is -2.06. The molecule has 36 heavy (non-hydrogen) atoms. The van der Waals surface area contributed by atoms with Crippen molar-refractivity contribution in [1.29, 1.82) is 0 Å². The first kappa shape index (κ1) is 24.5. The highest BCUT2D eigenvalue weighted by Crippen LogP contribution is 2.20. The number of unbranched alkanes of at least 4 members (excludes halogenated alkanes) is 1. The highest BCUT2D eigenvalue weighted by Gasteiger charge is 2.21. The first-order valence-corrected chi connectivity index (χ1v) is 11.7. The normalized spacial score (nSPS) is 12.9. The van der Waals surface area contributed by atoms with Gasteiger partial charge in [-0.2, -0.15) is 0 Å². The molecule has 180 valence electrons. The first-order valence-electron chi connectivity index (χ1n) is 11.7. The number of carbonyl (C=O) groups is 4. The summed E-state index contributed by atoms with van der Waals surface area (Å²) in [5.74, 6) is -0.677. The number of amides is 2. The van der Waals surface area contributed by atoms with Gasteiger partial charge in [-0.05, 0) is 54.2 Å². The topological polar surface area (TPSA) is 89.5 Å². The van der Waals surface area contributed by atoms with Crippen LogP contribution in [0.3, 0.4) is 0 Å². The standard InChI is InChI=1S/C30H25NO5/c32-27(24-7-2-1-3-8-24)19-14-22-12-17-25(18-13-22)36-29(34)9-5-4-6-21-10-15-23(16-11-21)26-20-28(33)31-30(26)35/h1-3,7-8,10-20H,4-6,9H2,(H,31,33,35). The molecule has 0 aliphatic carbocycles. The van der Waals surface area contributed by atoms with Crippen LogP contribution in [0.1, 0.15) is 46.3 Å². The molecule has 3 aromatic carbocycles. The van der Waals surface area contributed by atoms with Gasteiger partial charge in [-0.3, -0.25) is 24.5 Å².